The van der Waals surface area contributed by atoms with Crippen molar-refractivity contribution in [3.05, 3.63) is 51.4 Å². The van der Waals surface area contributed by atoms with E-state index in [1.165, 1.54) is 0 Å². The molecule has 1 aromatic carbocycles. The lowest BCUT2D eigenvalue weighted by atomic mass is 10.1. The van der Waals surface area contributed by atoms with Crippen LogP contribution in [0.1, 0.15) is 10.4 Å². The van der Waals surface area contributed by atoms with Crippen LogP contribution in [0.15, 0.2) is 17.3 Å². The highest BCUT2D eigenvalue weighted by Crippen LogP contribution is 2.30. The molecule has 0 aliphatic carbocycles. The van der Waals surface area contributed by atoms with Gasteiger partial charge in [-0.2, -0.15) is 0 Å². The van der Waals surface area contributed by atoms with Crippen molar-refractivity contribution in [2.75, 3.05) is 19.9 Å². The molecule has 0 aromatic heterocycles. The second-order valence-corrected chi connectivity index (χ2v) is 4.78. The zero-order valence-electron chi connectivity index (χ0n) is 13.1. The summed E-state index contributed by atoms with van der Waals surface area (Å²) in [5, 5.41) is 2.48. The van der Waals surface area contributed by atoms with E-state index in [1.807, 2.05) is 4.91 Å². The summed E-state index contributed by atoms with van der Waals surface area (Å²) in [6.07, 6.45) is 2.03. The topological polar surface area (TPSA) is 122 Å². The number of benzene rings is 1. The Bertz CT molecular complexity index is 851. The summed E-state index contributed by atoms with van der Waals surface area (Å²) in [7, 11) is 0. The molecule has 0 saturated heterocycles. The van der Waals surface area contributed by atoms with E-state index in [1.54, 1.807) is 0 Å². The third-order valence-corrected chi connectivity index (χ3v) is 3.17. The first kappa shape index (κ1) is 19.9. The molecule has 2 amide bonds. The molecule has 2 rings (SSSR count). The van der Waals surface area contributed by atoms with E-state index < -0.39 is 72.2 Å². The zero-order valence-corrected chi connectivity index (χ0v) is 13.1. The number of ether oxygens (including phenoxy) is 2. The number of rotatable bonds is 7. The molecule has 1 aliphatic rings. The van der Waals surface area contributed by atoms with E-state index in [9.17, 15) is 31.9 Å². The lowest BCUT2D eigenvalue weighted by Crippen LogP contribution is -2.32. The summed E-state index contributed by atoms with van der Waals surface area (Å²) >= 11 is 0. The Morgan fingerprint density at radius 2 is 1.59 bits per heavy atom. The van der Waals surface area contributed by atoms with E-state index in [0.29, 0.717) is 0 Å². The van der Waals surface area contributed by atoms with Crippen molar-refractivity contribution < 1.29 is 41.4 Å². The van der Waals surface area contributed by atoms with Gasteiger partial charge in [-0.05, 0) is 5.53 Å². The normalized spacial score (nSPS) is 13.1. The van der Waals surface area contributed by atoms with Crippen LogP contribution in [-0.2, 0) is 19.1 Å². The predicted octanol–water partition coefficient (Wildman–Crippen LogP) is 2.24. The Morgan fingerprint density at radius 1 is 1.04 bits per heavy atom. The molecule has 1 aliphatic heterocycles. The highest BCUT2D eigenvalue weighted by molar-refractivity contribution is 6.12. The number of azide groups is 1. The summed E-state index contributed by atoms with van der Waals surface area (Å²) in [6, 6.07) is 0. The van der Waals surface area contributed by atoms with Gasteiger partial charge < -0.3 is 9.47 Å². The van der Waals surface area contributed by atoms with Gasteiger partial charge >= 0.3 is 5.97 Å². The Morgan fingerprint density at radius 3 is 2.11 bits per heavy atom. The first-order valence-corrected chi connectivity index (χ1v) is 6.99. The first-order valence-electron chi connectivity index (χ1n) is 6.99. The van der Waals surface area contributed by atoms with Gasteiger partial charge in [0.2, 0.25) is 0 Å². The number of esters is 1. The fourth-order valence-corrected chi connectivity index (χ4v) is 1.91. The van der Waals surface area contributed by atoms with Gasteiger partial charge in [0, 0.05) is 17.1 Å². The maximum atomic E-state index is 13.8. The van der Waals surface area contributed by atoms with Crippen molar-refractivity contribution >= 4 is 23.5 Å². The Hall–Kier alpha value is -3.44. The van der Waals surface area contributed by atoms with E-state index in [-0.39, 0.29) is 0 Å². The number of halogens is 4. The van der Waals surface area contributed by atoms with Gasteiger partial charge in [-0.1, -0.05) is 5.11 Å². The van der Waals surface area contributed by atoms with Gasteiger partial charge in [0.1, 0.15) is 24.6 Å². The summed E-state index contributed by atoms with van der Waals surface area (Å²) in [5.41, 5.74) is 4.91. The van der Waals surface area contributed by atoms with Crippen molar-refractivity contribution in [2.45, 2.75) is 0 Å². The minimum atomic E-state index is -2.10. The SMILES string of the molecule is [N-]=[N+]=Nc1c(F)c(F)c(C(=O)OCCOCN2C(=O)C=CC2=O)c(F)c1F. The van der Waals surface area contributed by atoms with Gasteiger partial charge in [-0.15, -0.1) is 0 Å². The lowest BCUT2D eigenvalue weighted by Gasteiger charge is -2.14. The third-order valence-electron chi connectivity index (χ3n) is 3.17. The number of imide groups is 1. The van der Waals surface area contributed by atoms with Crippen LogP contribution in [0.4, 0.5) is 23.2 Å². The third kappa shape index (κ3) is 4.04. The van der Waals surface area contributed by atoms with Crippen LogP contribution in [0.5, 0.6) is 0 Å². The minimum Gasteiger partial charge on any atom is -0.459 e. The smallest absolute Gasteiger partial charge is 0.344 e. The fourth-order valence-electron chi connectivity index (χ4n) is 1.91. The van der Waals surface area contributed by atoms with Crippen LogP contribution in [0, 0.1) is 23.3 Å². The number of nitrogens with zero attached hydrogens (tertiary/aromatic N) is 4. The Balaban J connectivity index is 1.97. The Kier molecular flexibility index (Phi) is 6.11. The molecule has 9 nitrogen and oxygen atoms in total. The molecule has 0 unspecified atom stereocenters. The van der Waals surface area contributed by atoms with E-state index in [4.69, 9.17) is 10.3 Å². The van der Waals surface area contributed by atoms with E-state index >= 15 is 0 Å². The highest BCUT2D eigenvalue weighted by atomic mass is 19.2. The van der Waals surface area contributed by atoms with Crippen LogP contribution in [0.25, 0.3) is 10.4 Å². The molecule has 142 valence electrons. The molecule has 0 bridgehead atoms. The van der Waals surface area contributed by atoms with Gasteiger partial charge in [-0.3, -0.25) is 14.5 Å². The summed E-state index contributed by atoms with van der Waals surface area (Å²) in [5.74, 6) is -11.3. The lowest BCUT2D eigenvalue weighted by molar-refractivity contribution is -0.143. The van der Waals surface area contributed by atoms with Crippen LogP contribution < -0.4 is 0 Å². The van der Waals surface area contributed by atoms with Crippen LogP contribution in [-0.4, -0.2) is 42.6 Å². The fraction of sp³-hybridized carbons (Fsp3) is 0.214. The molecule has 0 radical (unpaired) electrons. The monoisotopic (exact) mass is 388 g/mol. The number of hydrogen-bond acceptors (Lipinski definition) is 6. The first-order chi connectivity index (χ1) is 12.8. The second-order valence-electron chi connectivity index (χ2n) is 4.78. The molecule has 0 fully saturated rings. The van der Waals surface area contributed by atoms with Gasteiger partial charge in [0.05, 0.1) is 6.61 Å². The van der Waals surface area contributed by atoms with E-state index in [0.717, 1.165) is 17.1 Å². The molecular formula is C14H8F4N4O5. The molecule has 0 saturated carbocycles. The molecule has 13 heteroatoms. The average Bonchev–Trinajstić information content (AvgIpc) is 2.95. The Labute approximate surface area is 147 Å². The van der Waals surface area contributed by atoms with Crippen LogP contribution >= 0.6 is 0 Å². The van der Waals surface area contributed by atoms with Gasteiger partial charge in [0.25, 0.3) is 11.8 Å². The van der Waals surface area contributed by atoms with E-state index in [2.05, 4.69) is 9.85 Å². The minimum absolute atomic E-state index is 0.395. The van der Waals surface area contributed by atoms with Gasteiger partial charge in [-0.25, -0.2) is 22.4 Å². The summed E-state index contributed by atoms with van der Waals surface area (Å²) in [4.78, 5) is 36.8. The van der Waals surface area contributed by atoms with Crippen molar-refractivity contribution in [3.63, 3.8) is 0 Å². The highest BCUT2D eigenvalue weighted by Gasteiger charge is 2.30. The molecule has 1 aromatic rings. The molecule has 27 heavy (non-hydrogen) atoms. The quantitative estimate of drug-likeness (QED) is 0.104. The maximum Gasteiger partial charge on any atom is 0.344 e. The standard InChI is InChI=1S/C14H8F4N4O5/c15-9-8(10(16)12(18)13(11(9)17)20-21-19)14(25)27-4-3-26-5-22-6(23)1-2-7(22)24/h1-2H,3-5H2. The number of carbonyl (C=O) groups excluding carboxylic acids is 3. The molecule has 0 atom stereocenters. The second kappa shape index (κ2) is 8.29. The predicted molar refractivity (Wildman–Crippen MR) is 77.2 cm³/mol. The zero-order chi connectivity index (χ0) is 20.1. The molecular weight excluding hydrogens is 380 g/mol. The molecule has 0 spiro atoms. The van der Waals surface area contributed by atoms with Crippen molar-refractivity contribution in [1.29, 1.82) is 0 Å². The van der Waals surface area contributed by atoms with Gasteiger partial charge in [0.15, 0.2) is 23.3 Å². The maximum absolute atomic E-state index is 13.8. The van der Waals surface area contributed by atoms with Crippen molar-refractivity contribution in [1.82, 2.24) is 4.90 Å². The van der Waals surface area contributed by atoms with Crippen LogP contribution in [0.3, 0.4) is 0 Å². The number of amides is 2. The van der Waals surface area contributed by atoms with Crippen molar-refractivity contribution in [3.8, 4) is 0 Å². The summed E-state index contributed by atoms with van der Waals surface area (Å²) < 4.78 is 64.0. The van der Waals surface area contributed by atoms with Crippen molar-refractivity contribution in [2.24, 2.45) is 5.11 Å². The largest absolute Gasteiger partial charge is 0.459 e. The van der Waals surface area contributed by atoms with Crippen LogP contribution in [0.2, 0.25) is 0 Å². The molecule has 0 N–H and O–H groups in total. The number of hydrogen-bond donors (Lipinski definition) is 0. The average molecular weight is 388 g/mol. The molecule has 1 heterocycles. The summed E-state index contributed by atoms with van der Waals surface area (Å²) in [6.45, 7) is -1.47. The number of carbonyl (C=O) groups is 3.